The summed E-state index contributed by atoms with van der Waals surface area (Å²) < 4.78 is 69.8. The zero-order chi connectivity index (χ0) is 36.9. The van der Waals surface area contributed by atoms with E-state index in [0.29, 0.717) is 88.6 Å². The molecule has 8 aliphatic rings. The summed E-state index contributed by atoms with van der Waals surface area (Å²) in [6.07, 6.45) is 10.9. The van der Waals surface area contributed by atoms with E-state index >= 15 is 8.78 Å². The number of hydrogen-bond donors (Lipinski definition) is 2. The van der Waals surface area contributed by atoms with Crippen molar-refractivity contribution >= 4 is 23.5 Å². The summed E-state index contributed by atoms with van der Waals surface area (Å²) in [7, 11) is 0. The number of alkyl halides is 4. The molecule has 10 rings (SSSR count). The monoisotopic (exact) mass is 742 g/mol. The fraction of sp³-hybridized carbons (Fsp3) is 0.711. The Morgan fingerprint density at radius 1 is 0.962 bits per heavy atom. The Hall–Kier alpha value is -3.59. The van der Waals surface area contributed by atoms with Crippen LogP contribution in [0.2, 0.25) is 0 Å². The van der Waals surface area contributed by atoms with Gasteiger partial charge in [0.2, 0.25) is 11.8 Å². The number of halogens is 4. The first kappa shape index (κ1) is 35.1. The highest BCUT2D eigenvalue weighted by atomic mass is 19.3. The number of aromatic nitrogens is 3. The molecule has 53 heavy (non-hydrogen) atoms. The van der Waals surface area contributed by atoms with Crippen LogP contribution in [0, 0.1) is 23.7 Å². The van der Waals surface area contributed by atoms with Crippen molar-refractivity contribution in [2.45, 2.75) is 112 Å². The molecule has 5 heterocycles. The Kier molecular flexibility index (Phi) is 8.27. The van der Waals surface area contributed by atoms with E-state index in [0.717, 1.165) is 43.9 Å². The van der Waals surface area contributed by atoms with Crippen molar-refractivity contribution in [3.8, 4) is 5.88 Å². The van der Waals surface area contributed by atoms with Gasteiger partial charge in [-0.15, -0.1) is 0 Å². The van der Waals surface area contributed by atoms with E-state index < -0.39 is 45.9 Å². The molecule has 286 valence electrons. The number of rotatable bonds is 8. The predicted octanol–water partition coefficient (Wildman–Crippen LogP) is 5.83. The topological polar surface area (TPSA) is 130 Å². The van der Waals surface area contributed by atoms with Crippen molar-refractivity contribution in [3.63, 3.8) is 0 Å². The molecule has 7 fully saturated rings. The maximum Gasteiger partial charge on any atom is 0.330 e. The Morgan fingerprint density at radius 3 is 2.23 bits per heavy atom. The van der Waals surface area contributed by atoms with Gasteiger partial charge in [-0.2, -0.15) is 8.78 Å². The minimum absolute atomic E-state index is 0.00405. The molecule has 15 heteroatoms. The van der Waals surface area contributed by atoms with Gasteiger partial charge in [-0.05, 0) is 99.9 Å². The van der Waals surface area contributed by atoms with Crippen LogP contribution in [0.4, 0.5) is 29.2 Å². The molecule has 0 atom stereocenters. The van der Waals surface area contributed by atoms with Crippen molar-refractivity contribution < 1.29 is 41.7 Å². The lowest BCUT2D eigenvalue weighted by Gasteiger charge is -2.59. The normalized spacial score (nSPS) is 34.1. The third-order valence-corrected chi connectivity index (χ3v) is 13.7. The van der Waals surface area contributed by atoms with Gasteiger partial charge < -0.3 is 24.8 Å². The fourth-order valence-corrected chi connectivity index (χ4v) is 11.3. The first-order valence-corrected chi connectivity index (χ1v) is 19.2. The number of carbonyl (C=O) groups is 2. The van der Waals surface area contributed by atoms with Gasteiger partial charge in [0.05, 0.1) is 30.5 Å². The van der Waals surface area contributed by atoms with Crippen LogP contribution in [-0.2, 0) is 20.9 Å². The van der Waals surface area contributed by atoms with E-state index in [9.17, 15) is 23.5 Å². The second-order valence-corrected chi connectivity index (χ2v) is 17.1. The van der Waals surface area contributed by atoms with Crippen LogP contribution >= 0.6 is 0 Å². The molecule has 11 nitrogen and oxygen atoms in total. The van der Waals surface area contributed by atoms with Crippen molar-refractivity contribution in [1.82, 2.24) is 25.2 Å². The summed E-state index contributed by atoms with van der Waals surface area (Å²) in [6, 6.07) is 2.05. The van der Waals surface area contributed by atoms with Gasteiger partial charge in [-0.3, -0.25) is 9.69 Å². The number of ether oxygens (including phenoxy) is 2. The molecule has 0 radical (unpaired) electrons. The van der Waals surface area contributed by atoms with Crippen LogP contribution in [-0.4, -0.2) is 93.3 Å². The quantitative estimate of drug-likeness (QED) is 0.319. The van der Waals surface area contributed by atoms with E-state index in [1.165, 1.54) is 0 Å². The zero-order valence-corrected chi connectivity index (χ0v) is 29.8. The van der Waals surface area contributed by atoms with Crippen molar-refractivity contribution in [2.75, 3.05) is 37.7 Å². The predicted molar refractivity (Wildman–Crippen MR) is 183 cm³/mol. The Balaban J connectivity index is 0.976. The van der Waals surface area contributed by atoms with E-state index in [4.69, 9.17) is 9.47 Å². The highest BCUT2D eigenvalue weighted by Crippen LogP contribution is 2.58. The number of nitrogens with zero attached hydrogens (tertiary/aromatic N) is 5. The molecule has 1 amide bonds. The largest absolute Gasteiger partial charge is 0.479 e. The van der Waals surface area contributed by atoms with E-state index in [1.807, 2.05) is 11.0 Å². The lowest BCUT2D eigenvalue weighted by atomic mass is 9.48. The van der Waals surface area contributed by atoms with Crippen molar-refractivity contribution in [1.29, 1.82) is 0 Å². The van der Waals surface area contributed by atoms with Gasteiger partial charge >= 0.3 is 5.97 Å². The van der Waals surface area contributed by atoms with Crippen molar-refractivity contribution in [2.24, 2.45) is 23.7 Å². The van der Waals surface area contributed by atoms with Crippen LogP contribution in [0.5, 0.6) is 5.88 Å². The number of hydrogen-bond acceptors (Lipinski definition) is 9. The van der Waals surface area contributed by atoms with Crippen LogP contribution < -0.4 is 15.0 Å². The average Bonchev–Trinajstić information content (AvgIpc) is 3.40. The van der Waals surface area contributed by atoms with Gasteiger partial charge in [0.25, 0.3) is 17.8 Å². The lowest BCUT2D eigenvalue weighted by Crippen LogP contribution is -2.70. The number of carboxylic acids is 1. The molecule has 0 aromatic carbocycles. The Labute approximate surface area is 305 Å². The molecule has 0 unspecified atom stereocenters. The van der Waals surface area contributed by atoms with Gasteiger partial charge in [0, 0.05) is 50.4 Å². The summed E-state index contributed by atoms with van der Waals surface area (Å²) in [4.78, 5) is 43.9. The maximum atomic E-state index is 15.4. The molecule has 1 spiro atoms. The van der Waals surface area contributed by atoms with Crippen molar-refractivity contribution in [3.05, 3.63) is 35.3 Å². The second kappa shape index (κ2) is 12.5. The third-order valence-electron chi connectivity index (χ3n) is 13.7. The number of aliphatic carboxylic acids is 1. The van der Waals surface area contributed by atoms with Gasteiger partial charge in [-0.25, -0.2) is 28.5 Å². The molecule has 4 bridgehead atoms. The highest BCUT2D eigenvalue weighted by Gasteiger charge is 2.62. The van der Waals surface area contributed by atoms with Crippen LogP contribution in [0.25, 0.3) is 0 Å². The minimum Gasteiger partial charge on any atom is -0.479 e. The van der Waals surface area contributed by atoms with Gasteiger partial charge in [0.15, 0.2) is 0 Å². The molecule has 2 N–H and O–H groups in total. The molecule has 3 aliphatic heterocycles. The molecular weight excluding hydrogens is 696 g/mol. The van der Waals surface area contributed by atoms with E-state index in [2.05, 4.69) is 20.3 Å². The molecular formula is C38H46F4N6O5. The van der Waals surface area contributed by atoms with Gasteiger partial charge in [-0.1, -0.05) is 0 Å². The number of anilines is 2. The smallest absolute Gasteiger partial charge is 0.330 e. The minimum atomic E-state index is -3.53. The number of carbonyl (C=O) groups excluding carboxylic acids is 1. The third kappa shape index (κ3) is 5.95. The van der Waals surface area contributed by atoms with E-state index in [-0.39, 0.29) is 43.0 Å². The summed E-state index contributed by atoms with van der Waals surface area (Å²) in [5.74, 6) is -7.31. The van der Waals surface area contributed by atoms with Crippen LogP contribution in [0.3, 0.4) is 0 Å². The molecule has 5 saturated carbocycles. The highest BCUT2D eigenvalue weighted by molar-refractivity contribution is 5.99. The molecule has 2 aromatic rings. The average molecular weight is 743 g/mol. The number of fused-ring (bicyclic) bond motifs is 2. The van der Waals surface area contributed by atoms with Gasteiger partial charge in [0.1, 0.15) is 17.3 Å². The first-order chi connectivity index (χ1) is 25.2. The van der Waals surface area contributed by atoms with Crippen LogP contribution in [0.15, 0.2) is 18.5 Å². The SMILES string of the molecule is CC(F)(F)c1nc(N2CC3(CCOCC3)c3cc(O[C@H]4CC[C@H](N5CC(F)(F)C5)CC4)ncc32)ncc1C(=O)NC1(C(=O)O)C2CC3CC(C2)CC1C3. The Morgan fingerprint density at radius 2 is 1.62 bits per heavy atom. The Bertz CT molecular complexity index is 1760. The summed E-state index contributed by atoms with van der Waals surface area (Å²) >= 11 is 0. The summed E-state index contributed by atoms with van der Waals surface area (Å²) in [5.41, 5.74) is -1.52. The number of pyridine rings is 1. The lowest BCUT2D eigenvalue weighted by molar-refractivity contribution is -0.163. The molecule has 5 aliphatic carbocycles. The number of nitrogens with one attached hydrogen (secondary N) is 1. The van der Waals surface area contributed by atoms with E-state index in [1.54, 1.807) is 11.1 Å². The zero-order valence-electron chi connectivity index (χ0n) is 29.8. The number of carboxylic acid groups (broad SMARTS) is 1. The molecule has 2 saturated heterocycles. The summed E-state index contributed by atoms with van der Waals surface area (Å²) in [6.45, 7) is 1.73. The summed E-state index contributed by atoms with van der Waals surface area (Å²) in [5, 5.41) is 13.3. The molecule has 2 aromatic heterocycles. The number of likely N-dealkylation sites (tertiary alicyclic amines) is 1. The number of amides is 1. The maximum absolute atomic E-state index is 15.4. The van der Waals surface area contributed by atoms with Crippen LogP contribution in [0.1, 0.15) is 99.2 Å². The standard InChI is InChI=1S/C38H46F4N6O5/c1-35(39,40)31-27(32(49)46-38(33(50)51)23-11-21-10-22(13-23)14-24(38)12-21)16-44-34(45-31)48-18-36(6-8-52-9-7-36)28-15-30(43-17-29(28)48)53-26-4-2-25(3-5-26)47-19-37(41,42)20-47/h15-17,21-26H,2-14,18-20H2,1H3,(H,46,49)(H,50,51)/t21?,22?,23?,24?,25-,26-,38?. The fourth-order valence-electron chi connectivity index (χ4n) is 11.3. The first-order valence-electron chi connectivity index (χ1n) is 19.2. The second-order valence-electron chi connectivity index (χ2n) is 17.1.